The van der Waals surface area contributed by atoms with Crippen molar-refractivity contribution in [3.63, 3.8) is 0 Å². The van der Waals surface area contributed by atoms with Gasteiger partial charge in [0.2, 0.25) is 0 Å². The maximum Gasteiger partial charge on any atom is 0.346 e. The molecule has 1 aromatic rings. The van der Waals surface area contributed by atoms with E-state index in [1.807, 2.05) is 0 Å². The summed E-state index contributed by atoms with van der Waals surface area (Å²) in [4.78, 5) is 25.8. The lowest BCUT2D eigenvalue weighted by molar-refractivity contribution is -0.136. The molecular weight excluding hydrogens is 473 g/mol. The third-order valence-corrected chi connectivity index (χ3v) is 12.4. The molecule has 146 valence electrons. The summed E-state index contributed by atoms with van der Waals surface area (Å²) in [6.07, 6.45) is 0. The van der Waals surface area contributed by atoms with E-state index >= 15 is 0 Å². The van der Waals surface area contributed by atoms with Gasteiger partial charge >= 0.3 is 11.9 Å². The van der Waals surface area contributed by atoms with Crippen LogP contribution in [0.15, 0.2) is 51.0 Å². The molecule has 0 N–H and O–H groups in total. The van der Waals surface area contributed by atoms with Crippen LogP contribution < -0.4 is 0 Å². The number of rotatable bonds is 2. The second kappa shape index (κ2) is 9.09. The summed E-state index contributed by atoms with van der Waals surface area (Å²) >= 11 is 9.33. The minimum Gasteiger partial charge on any atom is -0.465 e. The van der Waals surface area contributed by atoms with Crippen LogP contribution in [0.1, 0.15) is 11.1 Å². The average molecular weight is 487 g/mol. The van der Waals surface area contributed by atoms with Crippen LogP contribution in [-0.2, 0) is 30.6 Å². The number of methoxy groups -OCH3 is 2. The molecule has 0 saturated heterocycles. The fourth-order valence-corrected chi connectivity index (χ4v) is 10.8. The first-order valence-corrected chi connectivity index (χ1v) is 13.3. The lowest BCUT2D eigenvalue weighted by Crippen LogP contribution is -2.01. The van der Waals surface area contributed by atoms with Crippen molar-refractivity contribution >= 4 is 82.5 Å². The minimum atomic E-state index is -0.319. The Hall–Kier alpha value is -0.520. The van der Waals surface area contributed by atoms with E-state index in [2.05, 4.69) is 24.3 Å². The summed E-state index contributed by atoms with van der Waals surface area (Å²) in [6.45, 7) is 0. The lowest BCUT2D eigenvalue weighted by Gasteiger charge is -2.07. The van der Waals surface area contributed by atoms with Crippen molar-refractivity contribution in [2.24, 2.45) is 0 Å². The van der Waals surface area contributed by atoms with Gasteiger partial charge in [-0.15, -0.1) is 23.5 Å². The number of benzene rings is 1. The topological polar surface area (TPSA) is 52.6 Å². The van der Waals surface area contributed by atoms with Gasteiger partial charge in [0, 0.05) is 11.5 Å². The Balaban J connectivity index is 1.75. The molecule has 4 rings (SSSR count). The normalized spacial score (nSPS) is 21.8. The monoisotopic (exact) mass is 486 g/mol. The molecule has 0 fully saturated rings. The van der Waals surface area contributed by atoms with Crippen molar-refractivity contribution in [3.05, 3.63) is 62.2 Å². The summed E-state index contributed by atoms with van der Waals surface area (Å²) in [7, 11) is 2.81. The van der Waals surface area contributed by atoms with Gasteiger partial charge in [0.1, 0.15) is 9.81 Å². The summed E-state index contributed by atoms with van der Waals surface area (Å²) in [5, 5.41) is 0. The SMILES string of the molecule is COC(=O)C1=C2SCc3cccc(c3)CSC3=C(C(=O)OC)S/C(=C(/S2)S1)S3. The quantitative estimate of drug-likeness (QED) is 0.470. The Bertz CT molecular complexity index is 878. The van der Waals surface area contributed by atoms with Gasteiger partial charge < -0.3 is 9.47 Å². The number of ether oxygens (including phenoxy) is 2. The highest BCUT2D eigenvalue weighted by atomic mass is 32.2. The number of thioether (sulfide) groups is 6. The molecule has 3 aliphatic rings. The summed E-state index contributed by atoms with van der Waals surface area (Å²) in [6, 6.07) is 8.44. The van der Waals surface area contributed by atoms with E-state index in [0.29, 0.717) is 9.81 Å². The maximum atomic E-state index is 12.3. The number of hydrogen-bond donors (Lipinski definition) is 0. The zero-order valence-corrected chi connectivity index (χ0v) is 19.7. The van der Waals surface area contributed by atoms with Crippen molar-refractivity contribution in [3.8, 4) is 0 Å². The van der Waals surface area contributed by atoms with Crippen molar-refractivity contribution < 1.29 is 19.1 Å². The third-order valence-electron chi connectivity index (χ3n) is 3.77. The van der Waals surface area contributed by atoms with E-state index in [0.717, 1.165) is 28.5 Å². The van der Waals surface area contributed by atoms with Crippen LogP contribution in [0.2, 0.25) is 0 Å². The predicted octanol–water partition coefficient (Wildman–Crippen LogP) is 5.94. The molecule has 0 radical (unpaired) electrons. The van der Waals surface area contributed by atoms with Crippen LogP contribution in [0.4, 0.5) is 0 Å². The maximum absolute atomic E-state index is 12.3. The number of hydrogen-bond acceptors (Lipinski definition) is 10. The lowest BCUT2D eigenvalue weighted by atomic mass is 10.2. The Morgan fingerprint density at radius 3 is 1.64 bits per heavy atom. The standard InChI is InChI=1S/C18H14O4S6/c1-21-13(19)11-15-23-7-9-4-3-5-10(6-9)8-24-16-12(14(20)22-2)26-18(28-16)17(25-11)27-15/h3-6H,7-8H2,1-2H3/b18-17-. The summed E-state index contributed by atoms with van der Waals surface area (Å²) in [5.41, 5.74) is 2.42. The van der Waals surface area contributed by atoms with E-state index < -0.39 is 0 Å². The van der Waals surface area contributed by atoms with Crippen LogP contribution >= 0.6 is 70.6 Å². The fraction of sp³-hybridized carbons (Fsp3) is 0.222. The van der Waals surface area contributed by atoms with E-state index in [4.69, 9.17) is 9.47 Å². The Labute approximate surface area is 188 Å². The highest BCUT2D eigenvalue weighted by molar-refractivity contribution is 8.40. The van der Waals surface area contributed by atoms with Gasteiger partial charge in [-0.3, -0.25) is 0 Å². The van der Waals surface area contributed by atoms with Gasteiger partial charge in [0.05, 0.1) is 31.2 Å². The summed E-state index contributed by atoms with van der Waals surface area (Å²) < 4.78 is 13.9. The van der Waals surface area contributed by atoms with E-state index in [-0.39, 0.29) is 11.9 Å². The molecule has 3 heterocycles. The Kier molecular flexibility index (Phi) is 6.74. The van der Waals surface area contributed by atoms with Crippen LogP contribution in [0.25, 0.3) is 0 Å². The second-order valence-corrected chi connectivity index (χ2v) is 12.7. The number of esters is 2. The highest BCUT2D eigenvalue weighted by Gasteiger charge is 2.35. The van der Waals surface area contributed by atoms with Gasteiger partial charge in [-0.1, -0.05) is 71.3 Å². The zero-order chi connectivity index (χ0) is 19.7. The van der Waals surface area contributed by atoms with E-state index in [9.17, 15) is 9.59 Å². The molecule has 0 spiro atoms. The molecule has 10 heteroatoms. The molecule has 0 saturated carbocycles. The number of carbonyl (C=O) groups is 2. The van der Waals surface area contributed by atoms with Gasteiger partial charge in [0.15, 0.2) is 0 Å². The first-order valence-electron chi connectivity index (χ1n) is 8.03. The van der Waals surface area contributed by atoms with Crippen molar-refractivity contribution in [1.82, 2.24) is 0 Å². The van der Waals surface area contributed by atoms with E-state index in [1.165, 1.54) is 48.9 Å². The molecule has 0 atom stereocenters. The molecule has 1 aromatic carbocycles. The molecular formula is C18H14O4S6. The number of fused-ring (bicyclic) bond motifs is 6. The zero-order valence-electron chi connectivity index (χ0n) is 14.8. The van der Waals surface area contributed by atoms with Gasteiger partial charge in [-0.25, -0.2) is 9.59 Å². The van der Waals surface area contributed by atoms with Crippen LogP contribution in [-0.4, -0.2) is 26.2 Å². The molecule has 0 aliphatic carbocycles. The van der Waals surface area contributed by atoms with Crippen molar-refractivity contribution in [2.45, 2.75) is 11.5 Å². The molecule has 4 nitrogen and oxygen atoms in total. The van der Waals surface area contributed by atoms with Crippen molar-refractivity contribution in [1.29, 1.82) is 0 Å². The second-order valence-electron chi connectivity index (χ2n) is 5.60. The fourth-order valence-electron chi connectivity index (χ4n) is 2.47. The average Bonchev–Trinajstić information content (AvgIpc) is 3.33. The van der Waals surface area contributed by atoms with Crippen LogP contribution in [0.5, 0.6) is 0 Å². The first-order chi connectivity index (χ1) is 13.6. The minimum absolute atomic E-state index is 0.319. The van der Waals surface area contributed by atoms with Crippen molar-refractivity contribution in [2.75, 3.05) is 14.2 Å². The summed E-state index contributed by atoms with van der Waals surface area (Å²) in [5.74, 6) is 0.947. The van der Waals surface area contributed by atoms with Gasteiger partial charge in [-0.05, 0) is 11.1 Å². The Morgan fingerprint density at radius 2 is 1.21 bits per heavy atom. The molecule has 3 aliphatic heterocycles. The van der Waals surface area contributed by atoms with Gasteiger partial charge in [-0.2, -0.15) is 0 Å². The molecule has 0 amide bonds. The predicted molar refractivity (Wildman–Crippen MR) is 125 cm³/mol. The Morgan fingerprint density at radius 1 is 0.750 bits per heavy atom. The van der Waals surface area contributed by atoms with Gasteiger partial charge in [0.25, 0.3) is 0 Å². The molecule has 0 aromatic heterocycles. The third kappa shape index (κ3) is 4.32. The molecule has 28 heavy (non-hydrogen) atoms. The molecule has 6 bridgehead atoms. The number of carbonyl (C=O) groups excluding carboxylic acids is 2. The first kappa shape index (κ1) is 20.7. The largest absolute Gasteiger partial charge is 0.465 e. The van der Waals surface area contributed by atoms with Crippen LogP contribution in [0, 0.1) is 0 Å². The smallest absolute Gasteiger partial charge is 0.346 e. The molecule has 0 unspecified atom stereocenters. The highest BCUT2D eigenvalue weighted by Crippen LogP contribution is 2.63. The van der Waals surface area contributed by atoms with E-state index in [1.54, 1.807) is 47.0 Å². The van der Waals surface area contributed by atoms with Crippen LogP contribution in [0.3, 0.4) is 0 Å².